The van der Waals surface area contributed by atoms with Gasteiger partial charge in [0.15, 0.2) is 0 Å². The van der Waals surface area contributed by atoms with E-state index in [1.54, 1.807) is 6.20 Å². The van der Waals surface area contributed by atoms with Crippen LogP contribution in [-0.4, -0.2) is 14.5 Å². The highest BCUT2D eigenvalue weighted by molar-refractivity contribution is 6.30. The Morgan fingerprint density at radius 1 is 1.33 bits per heavy atom. The minimum Gasteiger partial charge on any atom is -0.315 e. The van der Waals surface area contributed by atoms with Crippen LogP contribution in [0, 0.1) is 13.8 Å². The molecule has 96 valence electrons. The predicted octanol–water partition coefficient (Wildman–Crippen LogP) is 4.02. The van der Waals surface area contributed by atoms with E-state index in [-0.39, 0.29) is 0 Å². The fraction of sp³-hybridized carbons (Fsp3) is 0.429. The lowest BCUT2D eigenvalue weighted by atomic mass is 10.1. The summed E-state index contributed by atoms with van der Waals surface area (Å²) >= 11 is 6.33. The summed E-state index contributed by atoms with van der Waals surface area (Å²) in [6.45, 7) is 7.09. The van der Waals surface area contributed by atoms with Crippen LogP contribution < -0.4 is 0 Å². The molecule has 0 aliphatic rings. The molecule has 0 spiro atoms. The van der Waals surface area contributed by atoms with Gasteiger partial charge >= 0.3 is 0 Å². The first kappa shape index (κ1) is 13.1. The van der Waals surface area contributed by atoms with Crippen LogP contribution in [-0.2, 0) is 6.54 Å². The first-order valence-corrected chi connectivity index (χ1v) is 6.66. The predicted molar refractivity (Wildman–Crippen MR) is 74.9 cm³/mol. The largest absolute Gasteiger partial charge is 0.315 e. The maximum atomic E-state index is 6.33. The minimum atomic E-state index is 0.738. The first-order chi connectivity index (χ1) is 8.65. The van der Waals surface area contributed by atoms with Crippen molar-refractivity contribution in [3.8, 4) is 11.4 Å². The molecule has 0 unspecified atom stereocenters. The van der Waals surface area contributed by atoms with E-state index in [0.717, 1.165) is 41.6 Å². The van der Waals surface area contributed by atoms with E-state index in [0.29, 0.717) is 0 Å². The van der Waals surface area contributed by atoms with E-state index in [2.05, 4.69) is 28.4 Å². The van der Waals surface area contributed by atoms with Crippen molar-refractivity contribution < 1.29 is 0 Å². The Morgan fingerprint density at radius 2 is 2.11 bits per heavy atom. The van der Waals surface area contributed by atoms with Crippen molar-refractivity contribution in [3.63, 3.8) is 0 Å². The van der Waals surface area contributed by atoms with Crippen LogP contribution in [0.3, 0.4) is 0 Å². The summed E-state index contributed by atoms with van der Waals surface area (Å²) in [6, 6.07) is 2.00. The SMILES string of the molecule is CCCCn1c(-c2cnccc2C)nc(C)c1Cl. The van der Waals surface area contributed by atoms with E-state index in [4.69, 9.17) is 11.6 Å². The maximum Gasteiger partial charge on any atom is 0.143 e. The number of unbranched alkanes of at least 4 members (excludes halogenated alkanes) is 1. The normalized spacial score (nSPS) is 10.9. The second-order valence-electron chi connectivity index (χ2n) is 4.51. The minimum absolute atomic E-state index is 0.738. The zero-order valence-corrected chi connectivity index (χ0v) is 11.8. The van der Waals surface area contributed by atoms with E-state index < -0.39 is 0 Å². The van der Waals surface area contributed by atoms with Crippen LogP contribution in [0.4, 0.5) is 0 Å². The van der Waals surface area contributed by atoms with Gasteiger partial charge in [-0.3, -0.25) is 4.98 Å². The Morgan fingerprint density at radius 3 is 2.78 bits per heavy atom. The molecule has 4 heteroatoms. The summed E-state index contributed by atoms with van der Waals surface area (Å²) < 4.78 is 2.09. The summed E-state index contributed by atoms with van der Waals surface area (Å²) in [7, 11) is 0. The molecule has 0 radical (unpaired) electrons. The van der Waals surface area contributed by atoms with Crippen molar-refractivity contribution in [2.24, 2.45) is 0 Å². The maximum absolute atomic E-state index is 6.33. The average Bonchev–Trinajstić information content (AvgIpc) is 2.64. The molecular formula is C14H18ClN3. The van der Waals surface area contributed by atoms with Crippen LogP contribution in [0.5, 0.6) is 0 Å². The van der Waals surface area contributed by atoms with Crippen LogP contribution in [0.2, 0.25) is 5.15 Å². The van der Waals surface area contributed by atoms with Gasteiger partial charge in [0.25, 0.3) is 0 Å². The highest BCUT2D eigenvalue weighted by atomic mass is 35.5. The topological polar surface area (TPSA) is 30.7 Å². The Bertz CT molecular complexity index is 546. The summed E-state index contributed by atoms with van der Waals surface area (Å²) in [5, 5.41) is 0.738. The van der Waals surface area contributed by atoms with Crippen LogP contribution in [0.25, 0.3) is 11.4 Å². The molecule has 0 amide bonds. The summed E-state index contributed by atoms with van der Waals surface area (Å²) in [4.78, 5) is 8.77. The number of hydrogen-bond donors (Lipinski definition) is 0. The third kappa shape index (κ3) is 2.41. The Labute approximate surface area is 113 Å². The number of aryl methyl sites for hydroxylation is 2. The third-order valence-electron chi connectivity index (χ3n) is 3.08. The molecule has 0 saturated carbocycles. The molecule has 0 aliphatic carbocycles. The van der Waals surface area contributed by atoms with E-state index >= 15 is 0 Å². The second kappa shape index (κ2) is 5.53. The molecule has 0 aromatic carbocycles. The van der Waals surface area contributed by atoms with E-state index in [1.807, 2.05) is 19.2 Å². The highest BCUT2D eigenvalue weighted by Gasteiger charge is 2.15. The number of hydrogen-bond acceptors (Lipinski definition) is 2. The number of halogens is 1. The monoisotopic (exact) mass is 263 g/mol. The Hall–Kier alpha value is -1.35. The second-order valence-corrected chi connectivity index (χ2v) is 4.87. The van der Waals surface area contributed by atoms with Crippen molar-refractivity contribution in [1.82, 2.24) is 14.5 Å². The molecule has 2 heterocycles. The van der Waals surface area contributed by atoms with Gasteiger partial charge in [-0.15, -0.1) is 0 Å². The van der Waals surface area contributed by atoms with Crippen molar-refractivity contribution in [2.75, 3.05) is 0 Å². The number of aromatic nitrogens is 3. The van der Waals surface area contributed by atoms with Crippen molar-refractivity contribution in [1.29, 1.82) is 0 Å². The molecule has 2 aromatic rings. The van der Waals surface area contributed by atoms with E-state index in [1.165, 1.54) is 5.56 Å². The quantitative estimate of drug-likeness (QED) is 0.834. The van der Waals surface area contributed by atoms with Gasteiger partial charge in [-0.2, -0.15) is 0 Å². The van der Waals surface area contributed by atoms with Crippen molar-refractivity contribution >= 4 is 11.6 Å². The van der Waals surface area contributed by atoms with Gasteiger partial charge in [-0.1, -0.05) is 24.9 Å². The van der Waals surface area contributed by atoms with Gasteiger partial charge in [0, 0.05) is 24.5 Å². The molecule has 0 atom stereocenters. The lowest BCUT2D eigenvalue weighted by molar-refractivity contribution is 0.637. The van der Waals surface area contributed by atoms with Crippen molar-refractivity contribution in [3.05, 3.63) is 34.9 Å². The molecule has 0 fully saturated rings. The Kier molecular flexibility index (Phi) is 4.02. The van der Waals surface area contributed by atoms with Gasteiger partial charge in [-0.05, 0) is 31.9 Å². The van der Waals surface area contributed by atoms with Gasteiger partial charge < -0.3 is 4.57 Å². The molecule has 3 nitrogen and oxygen atoms in total. The smallest absolute Gasteiger partial charge is 0.143 e. The van der Waals surface area contributed by atoms with Crippen LogP contribution >= 0.6 is 11.6 Å². The number of rotatable bonds is 4. The van der Waals surface area contributed by atoms with Gasteiger partial charge in [-0.25, -0.2) is 4.98 Å². The third-order valence-corrected chi connectivity index (χ3v) is 3.56. The van der Waals surface area contributed by atoms with Gasteiger partial charge in [0.1, 0.15) is 11.0 Å². The molecule has 0 aliphatic heterocycles. The zero-order chi connectivity index (χ0) is 13.1. The highest BCUT2D eigenvalue weighted by Crippen LogP contribution is 2.27. The molecule has 2 aromatic heterocycles. The van der Waals surface area contributed by atoms with Crippen LogP contribution in [0.1, 0.15) is 31.0 Å². The molecule has 0 N–H and O–H groups in total. The fourth-order valence-corrected chi connectivity index (χ4v) is 2.18. The molecule has 0 saturated heterocycles. The summed E-state index contributed by atoms with van der Waals surface area (Å²) in [5.41, 5.74) is 3.11. The number of nitrogens with zero attached hydrogens (tertiary/aromatic N) is 3. The fourth-order valence-electron chi connectivity index (χ4n) is 1.98. The standard InChI is InChI=1S/C14H18ClN3/c1-4-5-8-18-13(15)11(3)17-14(18)12-9-16-7-6-10(12)2/h6-7,9H,4-5,8H2,1-3H3. The van der Waals surface area contributed by atoms with E-state index in [9.17, 15) is 0 Å². The number of pyridine rings is 1. The molecule has 0 bridgehead atoms. The molecule has 2 rings (SSSR count). The lowest BCUT2D eigenvalue weighted by Crippen LogP contribution is -2.02. The van der Waals surface area contributed by atoms with Gasteiger partial charge in [0.2, 0.25) is 0 Å². The zero-order valence-electron chi connectivity index (χ0n) is 11.1. The summed E-state index contributed by atoms with van der Waals surface area (Å²) in [5.74, 6) is 0.927. The Balaban J connectivity index is 2.50. The first-order valence-electron chi connectivity index (χ1n) is 6.28. The van der Waals surface area contributed by atoms with Crippen LogP contribution in [0.15, 0.2) is 18.5 Å². The molecular weight excluding hydrogens is 246 g/mol. The number of imidazole rings is 1. The lowest BCUT2D eigenvalue weighted by Gasteiger charge is -2.09. The van der Waals surface area contributed by atoms with Crippen molar-refractivity contribution in [2.45, 2.75) is 40.2 Å². The summed E-state index contributed by atoms with van der Waals surface area (Å²) in [6.07, 6.45) is 5.89. The van der Waals surface area contributed by atoms with Gasteiger partial charge in [0.05, 0.1) is 5.69 Å². The average molecular weight is 264 g/mol. The molecule has 18 heavy (non-hydrogen) atoms.